The van der Waals surface area contributed by atoms with Gasteiger partial charge in [-0.1, -0.05) is 12.1 Å². The van der Waals surface area contributed by atoms with E-state index in [1.807, 2.05) is 0 Å². The zero-order valence-electron chi connectivity index (χ0n) is 16.6. The largest absolute Gasteiger partial charge is 0.454 e. The Bertz CT molecular complexity index is 1580. The van der Waals surface area contributed by atoms with E-state index in [0.717, 1.165) is 59.3 Å². The molecule has 0 fully saturated rings. The fraction of sp³-hybridized carbons (Fsp3) is 0.0833. The third-order valence-electron chi connectivity index (χ3n) is 5.39. The minimum atomic E-state index is 0.925. The van der Waals surface area contributed by atoms with Gasteiger partial charge in [-0.25, -0.2) is 0 Å². The van der Waals surface area contributed by atoms with Crippen LogP contribution < -0.4 is 0 Å². The maximum Gasteiger partial charge on any atom is 0.159 e. The molecule has 0 amide bonds. The fourth-order valence-electron chi connectivity index (χ4n) is 3.81. The average Bonchev–Trinajstić information content (AvgIpc) is 3.45. The van der Waals surface area contributed by atoms with Gasteiger partial charge in [0.2, 0.25) is 0 Å². The van der Waals surface area contributed by atoms with Crippen molar-refractivity contribution >= 4 is 131 Å². The number of thiophene rings is 2. The quantitative estimate of drug-likeness (QED) is 0.163. The highest BCUT2D eigenvalue weighted by Gasteiger charge is 2.26. The molecule has 0 unspecified atom stereocenters. The molecule has 0 radical (unpaired) electrons. The van der Waals surface area contributed by atoms with Gasteiger partial charge in [0.05, 0.1) is 35.2 Å². The Kier molecular flexibility index (Phi) is 5.58. The van der Waals surface area contributed by atoms with Crippen molar-refractivity contribution in [1.29, 1.82) is 0 Å². The maximum atomic E-state index is 6.31. The first kappa shape index (κ1) is 22.1. The molecule has 0 aliphatic heterocycles. The summed E-state index contributed by atoms with van der Waals surface area (Å²) in [7, 11) is 0. The third-order valence-corrected chi connectivity index (χ3v) is 12.7. The summed E-state index contributed by atoms with van der Waals surface area (Å²) in [6.45, 7) is 4.18. The zero-order valence-corrected chi connectivity index (χ0v) is 25.7. The van der Waals surface area contributed by atoms with Crippen molar-refractivity contribution < 1.29 is 8.83 Å². The summed E-state index contributed by atoms with van der Waals surface area (Å²) in [5.41, 5.74) is 4.26. The first-order valence-corrected chi connectivity index (χ1v) is 15.0. The molecule has 0 aliphatic carbocycles. The SMILES string of the molecule is Cc1ccc2c(I)c(-c3sc4c(Br)c(-c5oc6cc(C)ccc6c5I)sc4c3Br)oc2c1. The number of furan rings is 2. The summed E-state index contributed by atoms with van der Waals surface area (Å²) in [6.07, 6.45) is 0. The van der Waals surface area contributed by atoms with Gasteiger partial charge in [0, 0.05) is 10.8 Å². The summed E-state index contributed by atoms with van der Waals surface area (Å²) in [5, 5.41) is 2.31. The number of rotatable bonds is 2. The van der Waals surface area contributed by atoms with E-state index < -0.39 is 0 Å². The average molecular weight is 810 g/mol. The van der Waals surface area contributed by atoms with Gasteiger partial charge in [0.1, 0.15) is 11.2 Å². The lowest BCUT2D eigenvalue weighted by molar-refractivity contribution is 0.630. The molecule has 2 nitrogen and oxygen atoms in total. The molecule has 6 aromatic rings. The number of halogens is 4. The summed E-state index contributed by atoms with van der Waals surface area (Å²) >= 11 is 16.0. The zero-order chi connectivity index (χ0) is 22.3. The first-order chi connectivity index (χ1) is 15.3. The van der Waals surface area contributed by atoms with Gasteiger partial charge >= 0.3 is 0 Å². The second-order valence-electron chi connectivity index (χ2n) is 7.64. The van der Waals surface area contributed by atoms with Crippen molar-refractivity contribution in [3.8, 4) is 21.3 Å². The first-order valence-electron chi connectivity index (χ1n) is 9.61. The van der Waals surface area contributed by atoms with Crippen molar-refractivity contribution in [3.63, 3.8) is 0 Å². The number of hydrogen-bond donors (Lipinski definition) is 0. The van der Waals surface area contributed by atoms with E-state index in [1.165, 1.54) is 20.5 Å². The lowest BCUT2D eigenvalue weighted by Gasteiger charge is -1.97. The summed E-state index contributed by atoms with van der Waals surface area (Å²) < 4.78 is 19.5. The maximum absolute atomic E-state index is 6.31. The van der Waals surface area contributed by atoms with Crippen LogP contribution >= 0.6 is 99.7 Å². The topological polar surface area (TPSA) is 26.3 Å². The molecule has 32 heavy (non-hydrogen) atoms. The standard InChI is InChI=1S/C24H12Br2I2O2S2/c1-9-3-5-11-13(7-9)29-19(17(11)27)21-15(25)23-24(31-21)16(26)22(32-23)20-18(28)12-6-4-10(2)8-14(12)30-20/h3-8H,1-2H3. The van der Waals surface area contributed by atoms with Gasteiger partial charge in [0.25, 0.3) is 0 Å². The molecule has 4 aromatic heterocycles. The minimum Gasteiger partial charge on any atom is -0.454 e. The number of hydrogen-bond acceptors (Lipinski definition) is 4. The molecule has 0 saturated carbocycles. The Labute approximate surface area is 235 Å². The summed E-state index contributed by atoms with van der Waals surface area (Å²) in [4.78, 5) is 2.23. The molecule has 0 atom stereocenters. The Morgan fingerprint density at radius 2 is 1.09 bits per heavy atom. The molecule has 0 N–H and O–H groups in total. The van der Waals surface area contributed by atoms with Crippen LogP contribution in [0.4, 0.5) is 0 Å². The van der Waals surface area contributed by atoms with Crippen molar-refractivity contribution in [1.82, 2.24) is 0 Å². The predicted molar refractivity (Wildman–Crippen MR) is 160 cm³/mol. The van der Waals surface area contributed by atoms with E-state index in [0.29, 0.717) is 0 Å². The Hall–Kier alpha value is -0.400. The van der Waals surface area contributed by atoms with Gasteiger partial charge < -0.3 is 8.83 Å². The van der Waals surface area contributed by atoms with Crippen molar-refractivity contribution in [3.05, 3.63) is 63.6 Å². The highest BCUT2D eigenvalue weighted by atomic mass is 127. The van der Waals surface area contributed by atoms with Crippen molar-refractivity contribution in [2.45, 2.75) is 13.8 Å². The Morgan fingerprint density at radius 1 is 0.688 bits per heavy atom. The molecule has 8 heteroatoms. The molecule has 0 spiro atoms. The molecule has 0 saturated heterocycles. The summed E-state index contributed by atoms with van der Waals surface area (Å²) in [6, 6.07) is 12.7. The van der Waals surface area contributed by atoms with Crippen LogP contribution in [0.2, 0.25) is 0 Å². The van der Waals surface area contributed by atoms with E-state index in [9.17, 15) is 0 Å². The number of aryl methyl sites for hydroxylation is 2. The number of fused-ring (bicyclic) bond motifs is 3. The van der Waals surface area contributed by atoms with E-state index in [1.54, 1.807) is 22.7 Å². The van der Waals surface area contributed by atoms with Gasteiger partial charge in [-0.3, -0.25) is 0 Å². The van der Waals surface area contributed by atoms with Crippen LogP contribution in [0.25, 0.3) is 52.6 Å². The minimum absolute atomic E-state index is 0.925. The smallest absolute Gasteiger partial charge is 0.159 e. The molecular formula is C24H12Br2I2O2S2. The normalized spacial score (nSPS) is 12.1. The van der Waals surface area contributed by atoms with Crippen LogP contribution in [0.3, 0.4) is 0 Å². The molecule has 6 rings (SSSR count). The molecule has 2 aromatic carbocycles. The van der Waals surface area contributed by atoms with Crippen molar-refractivity contribution in [2.75, 3.05) is 0 Å². The van der Waals surface area contributed by atoms with Crippen LogP contribution in [0.15, 0.2) is 54.2 Å². The van der Waals surface area contributed by atoms with Gasteiger partial charge in [-0.05, 0) is 126 Å². The number of benzene rings is 2. The van der Waals surface area contributed by atoms with Gasteiger partial charge in [-0.15, -0.1) is 22.7 Å². The van der Waals surface area contributed by atoms with Crippen LogP contribution in [0.1, 0.15) is 11.1 Å². The van der Waals surface area contributed by atoms with E-state index in [-0.39, 0.29) is 0 Å². The van der Waals surface area contributed by atoms with Gasteiger partial charge in [0.15, 0.2) is 11.5 Å². The van der Waals surface area contributed by atoms with Crippen LogP contribution in [-0.2, 0) is 0 Å². The highest BCUT2D eigenvalue weighted by molar-refractivity contribution is 14.1. The Morgan fingerprint density at radius 3 is 1.50 bits per heavy atom. The second-order valence-corrected chi connectivity index (χ2v) is 13.4. The van der Waals surface area contributed by atoms with Crippen LogP contribution in [0, 0.1) is 21.0 Å². The van der Waals surface area contributed by atoms with Crippen LogP contribution in [0.5, 0.6) is 0 Å². The van der Waals surface area contributed by atoms with Crippen molar-refractivity contribution in [2.24, 2.45) is 0 Å². The Balaban J connectivity index is 1.54. The molecule has 0 aliphatic rings. The van der Waals surface area contributed by atoms with E-state index in [2.05, 4.69) is 127 Å². The lowest BCUT2D eigenvalue weighted by Crippen LogP contribution is -1.74. The monoisotopic (exact) mass is 808 g/mol. The third kappa shape index (κ3) is 3.30. The fourth-order valence-corrected chi connectivity index (χ4v) is 10.2. The molecule has 0 bridgehead atoms. The lowest BCUT2D eigenvalue weighted by atomic mass is 10.2. The summed E-state index contributed by atoms with van der Waals surface area (Å²) in [5.74, 6) is 1.85. The van der Waals surface area contributed by atoms with Gasteiger partial charge in [-0.2, -0.15) is 0 Å². The molecule has 4 heterocycles. The highest BCUT2D eigenvalue weighted by Crippen LogP contribution is 2.55. The second kappa shape index (κ2) is 8.08. The van der Waals surface area contributed by atoms with Crippen LogP contribution in [-0.4, -0.2) is 0 Å². The van der Waals surface area contributed by atoms with E-state index in [4.69, 9.17) is 8.83 Å². The van der Waals surface area contributed by atoms with E-state index >= 15 is 0 Å². The predicted octanol–water partition coefficient (Wildman–Crippen LogP) is 11.1. The molecule has 160 valence electrons. The molecular weight excluding hydrogens is 798 g/mol.